The maximum Gasteiger partial charge on any atom is 0.191 e. The highest BCUT2D eigenvalue weighted by atomic mass is 32.2. The van der Waals surface area contributed by atoms with E-state index in [-0.39, 0.29) is 12.5 Å². The number of benzene rings is 2. The van der Waals surface area contributed by atoms with Crippen molar-refractivity contribution in [1.29, 1.82) is 0 Å². The molecule has 0 amide bonds. The molecule has 4 N–H and O–H groups in total. The van der Waals surface area contributed by atoms with Crippen molar-refractivity contribution < 1.29 is 20.1 Å². The van der Waals surface area contributed by atoms with E-state index in [1.807, 2.05) is 42.5 Å². The molecule has 11 heteroatoms. The van der Waals surface area contributed by atoms with Crippen LogP contribution in [0.15, 0.2) is 59.8 Å². The molecule has 10 nitrogen and oxygen atoms in total. The molecule has 2 aromatic heterocycles. The van der Waals surface area contributed by atoms with Gasteiger partial charge in [-0.15, -0.1) is 5.10 Å². The zero-order chi connectivity index (χ0) is 26.2. The Hall–Kier alpha value is -3.25. The molecule has 6 atom stereocenters. The SMILES string of the molecule is CCCSc1nc(NC2CC2c2cccc(Oc3ccccc3)c2)c2nnn(C3CC(O)C(O)C3O)c2n1. The lowest BCUT2D eigenvalue weighted by atomic mass is 10.1. The van der Waals surface area contributed by atoms with Gasteiger partial charge in [-0.2, -0.15) is 0 Å². The summed E-state index contributed by atoms with van der Waals surface area (Å²) < 4.78 is 7.53. The zero-order valence-corrected chi connectivity index (χ0v) is 21.7. The first-order valence-corrected chi connectivity index (χ1v) is 13.9. The minimum atomic E-state index is -1.23. The van der Waals surface area contributed by atoms with Crippen LogP contribution in [0, 0.1) is 0 Å². The molecule has 198 valence electrons. The number of aromatic nitrogens is 5. The van der Waals surface area contributed by atoms with Gasteiger partial charge in [-0.1, -0.05) is 54.2 Å². The van der Waals surface area contributed by atoms with Crippen LogP contribution in [0.3, 0.4) is 0 Å². The van der Waals surface area contributed by atoms with Crippen LogP contribution in [0.2, 0.25) is 0 Å². The van der Waals surface area contributed by atoms with Crippen LogP contribution in [-0.4, -0.2) is 70.4 Å². The molecule has 2 aromatic carbocycles. The first-order chi connectivity index (χ1) is 18.5. The van der Waals surface area contributed by atoms with Gasteiger partial charge < -0.3 is 25.4 Å². The van der Waals surface area contributed by atoms with Gasteiger partial charge in [0.1, 0.15) is 23.7 Å². The molecule has 38 heavy (non-hydrogen) atoms. The fourth-order valence-corrected chi connectivity index (χ4v) is 5.64. The van der Waals surface area contributed by atoms with Crippen molar-refractivity contribution in [2.45, 2.75) is 67.7 Å². The minimum Gasteiger partial charge on any atom is -0.457 e. The fraction of sp³-hybridized carbons (Fsp3) is 0.407. The Morgan fingerprint density at radius 3 is 2.58 bits per heavy atom. The number of aliphatic hydroxyl groups excluding tert-OH is 3. The van der Waals surface area contributed by atoms with Gasteiger partial charge in [0.2, 0.25) is 0 Å². The third-order valence-electron chi connectivity index (χ3n) is 7.05. The van der Waals surface area contributed by atoms with Gasteiger partial charge in [0.05, 0.1) is 12.1 Å². The maximum absolute atomic E-state index is 10.5. The van der Waals surface area contributed by atoms with Crippen molar-refractivity contribution in [3.8, 4) is 11.5 Å². The highest BCUT2D eigenvalue weighted by Crippen LogP contribution is 2.44. The quantitative estimate of drug-likeness (QED) is 0.186. The molecule has 2 heterocycles. The zero-order valence-electron chi connectivity index (χ0n) is 20.9. The molecule has 0 aliphatic heterocycles. The lowest BCUT2D eigenvalue weighted by Gasteiger charge is -2.16. The summed E-state index contributed by atoms with van der Waals surface area (Å²) in [5, 5.41) is 43.4. The van der Waals surface area contributed by atoms with Gasteiger partial charge in [0, 0.05) is 24.1 Å². The van der Waals surface area contributed by atoms with E-state index in [2.05, 4.69) is 39.7 Å². The molecule has 0 saturated heterocycles. The number of ether oxygens (including phenoxy) is 1. The molecule has 2 aliphatic rings. The monoisotopic (exact) mass is 534 g/mol. The fourth-order valence-electron chi connectivity index (χ4n) is 4.95. The second-order valence-electron chi connectivity index (χ2n) is 9.84. The van der Waals surface area contributed by atoms with E-state index in [9.17, 15) is 15.3 Å². The average molecular weight is 535 g/mol. The number of thioether (sulfide) groups is 1. The number of aliphatic hydroxyl groups is 3. The van der Waals surface area contributed by atoms with Crippen molar-refractivity contribution in [3.05, 3.63) is 60.2 Å². The van der Waals surface area contributed by atoms with Crippen molar-refractivity contribution in [2.24, 2.45) is 0 Å². The Bertz CT molecular complexity index is 1420. The number of nitrogens with one attached hydrogen (secondary N) is 1. The largest absolute Gasteiger partial charge is 0.457 e. The molecule has 0 bridgehead atoms. The molecule has 6 rings (SSSR count). The van der Waals surface area contributed by atoms with E-state index in [0.717, 1.165) is 30.1 Å². The van der Waals surface area contributed by atoms with Crippen LogP contribution in [-0.2, 0) is 0 Å². The van der Waals surface area contributed by atoms with Gasteiger partial charge in [-0.05, 0) is 42.7 Å². The topological polar surface area (TPSA) is 138 Å². The molecular weight excluding hydrogens is 504 g/mol. The lowest BCUT2D eigenvalue weighted by molar-refractivity contribution is -0.0253. The lowest BCUT2D eigenvalue weighted by Crippen LogP contribution is -2.31. The second-order valence-corrected chi connectivity index (χ2v) is 10.9. The Morgan fingerprint density at radius 2 is 1.82 bits per heavy atom. The van der Waals surface area contributed by atoms with Crippen molar-refractivity contribution in [1.82, 2.24) is 25.0 Å². The molecule has 6 unspecified atom stereocenters. The minimum absolute atomic E-state index is 0.162. The smallest absolute Gasteiger partial charge is 0.191 e. The van der Waals surface area contributed by atoms with Crippen LogP contribution in [0.1, 0.15) is 43.7 Å². The number of nitrogens with zero attached hydrogens (tertiary/aromatic N) is 5. The third kappa shape index (κ3) is 4.94. The van der Waals surface area contributed by atoms with Gasteiger partial charge in [-0.25, -0.2) is 14.6 Å². The predicted molar refractivity (Wildman–Crippen MR) is 144 cm³/mol. The van der Waals surface area contributed by atoms with Crippen LogP contribution in [0.5, 0.6) is 11.5 Å². The summed E-state index contributed by atoms with van der Waals surface area (Å²) in [6, 6.07) is 17.4. The van der Waals surface area contributed by atoms with Crippen LogP contribution >= 0.6 is 11.8 Å². The Morgan fingerprint density at radius 1 is 1.00 bits per heavy atom. The third-order valence-corrected chi connectivity index (χ3v) is 8.10. The van der Waals surface area contributed by atoms with E-state index in [1.165, 1.54) is 10.2 Å². The first-order valence-electron chi connectivity index (χ1n) is 12.9. The van der Waals surface area contributed by atoms with Crippen molar-refractivity contribution in [2.75, 3.05) is 11.1 Å². The summed E-state index contributed by atoms with van der Waals surface area (Å²) in [5.41, 5.74) is 2.16. The Balaban J connectivity index is 1.24. The highest BCUT2D eigenvalue weighted by Gasteiger charge is 2.44. The summed E-state index contributed by atoms with van der Waals surface area (Å²) in [5.74, 6) is 3.34. The first kappa shape index (κ1) is 25.1. The number of rotatable bonds is 9. The summed E-state index contributed by atoms with van der Waals surface area (Å²) in [6.45, 7) is 2.10. The van der Waals surface area contributed by atoms with Gasteiger partial charge in [-0.3, -0.25) is 0 Å². The Labute approximate surface area is 224 Å². The maximum atomic E-state index is 10.5. The van der Waals surface area contributed by atoms with Gasteiger partial charge >= 0.3 is 0 Å². The highest BCUT2D eigenvalue weighted by molar-refractivity contribution is 7.99. The van der Waals surface area contributed by atoms with Gasteiger partial charge in [0.25, 0.3) is 0 Å². The van der Waals surface area contributed by atoms with E-state index in [0.29, 0.717) is 28.1 Å². The Kier molecular flexibility index (Phi) is 6.91. The molecule has 2 fully saturated rings. The van der Waals surface area contributed by atoms with E-state index in [4.69, 9.17) is 9.72 Å². The van der Waals surface area contributed by atoms with Crippen molar-refractivity contribution >= 4 is 28.7 Å². The van der Waals surface area contributed by atoms with Crippen molar-refractivity contribution in [3.63, 3.8) is 0 Å². The number of hydrogen-bond acceptors (Lipinski definition) is 10. The van der Waals surface area contributed by atoms with E-state index in [1.54, 1.807) is 11.8 Å². The molecular formula is C27H30N6O4S. The molecule has 2 aliphatic carbocycles. The number of fused-ring (bicyclic) bond motifs is 1. The van der Waals surface area contributed by atoms with Gasteiger partial charge in [0.15, 0.2) is 22.1 Å². The molecule has 2 saturated carbocycles. The van der Waals surface area contributed by atoms with E-state index >= 15 is 0 Å². The van der Waals surface area contributed by atoms with E-state index < -0.39 is 24.4 Å². The molecule has 4 aromatic rings. The van der Waals surface area contributed by atoms with Crippen LogP contribution < -0.4 is 10.1 Å². The number of para-hydroxylation sites is 1. The van der Waals surface area contributed by atoms with Crippen LogP contribution in [0.4, 0.5) is 5.82 Å². The predicted octanol–water partition coefficient (Wildman–Crippen LogP) is 3.51. The molecule has 0 radical (unpaired) electrons. The van der Waals surface area contributed by atoms with Crippen LogP contribution in [0.25, 0.3) is 11.2 Å². The number of anilines is 1. The standard InChI is InChI=1S/C27H30N6O4S/c1-2-11-38-27-29-25(22-26(30-27)33(32-31-22)20-14-21(34)24(36)23(20)35)28-19-13-18(19)15-7-6-10-17(12-15)37-16-8-4-3-5-9-16/h3-10,12,18-21,23-24,34-36H,2,11,13-14H2,1H3,(H,28,29,30). The summed E-state index contributed by atoms with van der Waals surface area (Å²) in [4.78, 5) is 9.43. The number of hydrogen-bond donors (Lipinski definition) is 4. The summed E-state index contributed by atoms with van der Waals surface area (Å²) in [6.07, 6.45) is -1.36. The average Bonchev–Trinajstić information content (AvgIpc) is 3.50. The second kappa shape index (κ2) is 10.5. The normalized spacial score (nSPS) is 26.5. The molecule has 0 spiro atoms. The summed E-state index contributed by atoms with van der Waals surface area (Å²) >= 11 is 1.54. The summed E-state index contributed by atoms with van der Waals surface area (Å²) in [7, 11) is 0.